The zero-order valence-corrected chi connectivity index (χ0v) is 11.8. The van der Waals surface area contributed by atoms with Gasteiger partial charge in [-0.1, -0.05) is 6.07 Å². The molecule has 2 rings (SSSR count). The molecule has 1 heterocycles. The number of halogens is 1. The van der Waals surface area contributed by atoms with Gasteiger partial charge in [-0.05, 0) is 55.6 Å². The fraction of sp³-hybridized carbons (Fsp3) is 0.308. The fourth-order valence-corrected chi connectivity index (χ4v) is 1.91. The summed E-state index contributed by atoms with van der Waals surface area (Å²) in [6, 6.07) is 6.32. The smallest absolute Gasteiger partial charge is 0.322 e. The lowest BCUT2D eigenvalue weighted by atomic mass is 10.1. The molecule has 0 bridgehead atoms. The molecule has 0 aliphatic rings. The lowest BCUT2D eigenvalue weighted by Crippen LogP contribution is -2.04. The van der Waals surface area contributed by atoms with Crippen LogP contribution in [0.1, 0.15) is 18.1 Å². The Kier molecular flexibility index (Phi) is 4.16. The summed E-state index contributed by atoms with van der Waals surface area (Å²) in [4.78, 5) is 12.0. The molecule has 0 amide bonds. The third-order valence-corrected chi connectivity index (χ3v) is 2.51. The molecule has 0 saturated carbocycles. The maximum absolute atomic E-state index is 5.83. The van der Waals surface area contributed by atoms with Gasteiger partial charge >= 0.3 is 6.01 Å². The second kappa shape index (κ2) is 5.84. The molecule has 0 fully saturated rings. The molecule has 1 N–H and O–H groups in total. The van der Waals surface area contributed by atoms with Crippen molar-refractivity contribution in [1.29, 1.82) is 0 Å². The Hall–Kier alpha value is -1.88. The van der Waals surface area contributed by atoms with Crippen molar-refractivity contribution in [1.82, 2.24) is 15.0 Å². The zero-order valence-electron chi connectivity index (χ0n) is 11.1. The van der Waals surface area contributed by atoms with Gasteiger partial charge in [-0.15, -0.1) is 0 Å². The van der Waals surface area contributed by atoms with Crippen LogP contribution in [0.4, 0.5) is 11.6 Å². The van der Waals surface area contributed by atoms with Crippen LogP contribution in [0.2, 0.25) is 5.28 Å². The number of aromatic nitrogens is 3. The predicted molar refractivity (Wildman–Crippen MR) is 75.2 cm³/mol. The zero-order chi connectivity index (χ0) is 13.8. The Balaban J connectivity index is 2.27. The Labute approximate surface area is 117 Å². The number of nitrogens with one attached hydrogen (secondary N) is 1. The Morgan fingerprint density at radius 3 is 2.42 bits per heavy atom. The van der Waals surface area contributed by atoms with Gasteiger partial charge in [0, 0.05) is 5.69 Å². The third-order valence-electron chi connectivity index (χ3n) is 2.34. The fourth-order valence-electron chi connectivity index (χ4n) is 1.76. The van der Waals surface area contributed by atoms with Gasteiger partial charge < -0.3 is 10.1 Å². The summed E-state index contributed by atoms with van der Waals surface area (Å²) < 4.78 is 5.23. The normalized spacial score (nSPS) is 10.3. The van der Waals surface area contributed by atoms with Gasteiger partial charge in [0.05, 0.1) is 6.61 Å². The van der Waals surface area contributed by atoms with E-state index in [-0.39, 0.29) is 11.3 Å². The highest BCUT2D eigenvalue weighted by Crippen LogP contribution is 2.19. The summed E-state index contributed by atoms with van der Waals surface area (Å²) in [6.45, 7) is 6.40. The van der Waals surface area contributed by atoms with Crippen LogP contribution < -0.4 is 10.1 Å². The molecular weight excluding hydrogens is 264 g/mol. The van der Waals surface area contributed by atoms with E-state index in [4.69, 9.17) is 16.3 Å². The number of nitrogens with zero attached hydrogens (tertiary/aromatic N) is 3. The van der Waals surface area contributed by atoms with Crippen molar-refractivity contribution in [3.63, 3.8) is 0 Å². The van der Waals surface area contributed by atoms with E-state index in [1.165, 1.54) is 0 Å². The summed E-state index contributed by atoms with van der Waals surface area (Å²) in [6.07, 6.45) is 0. The molecule has 0 aliphatic heterocycles. The standard InChI is InChI=1S/C13H15ClN4O/c1-4-19-13-17-11(14)16-12(18-13)15-10-6-8(2)5-9(3)7-10/h5-7H,4H2,1-3H3,(H,15,16,17,18). The van der Waals surface area contributed by atoms with Crippen molar-refractivity contribution < 1.29 is 4.74 Å². The minimum atomic E-state index is 0.102. The number of benzene rings is 1. The minimum Gasteiger partial charge on any atom is -0.464 e. The van der Waals surface area contributed by atoms with Crippen molar-refractivity contribution in [3.8, 4) is 6.01 Å². The highest BCUT2D eigenvalue weighted by Gasteiger charge is 2.06. The van der Waals surface area contributed by atoms with Gasteiger partial charge in [-0.25, -0.2) is 0 Å². The van der Waals surface area contributed by atoms with Crippen molar-refractivity contribution in [2.75, 3.05) is 11.9 Å². The number of aryl methyl sites for hydroxylation is 2. The minimum absolute atomic E-state index is 0.102. The summed E-state index contributed by atoms with van der Waals surface area (Å²) >= 11 is 5.83. The third kappa shape index (κ3) is 3.79. The largest absolute Gasteiger partial charge is 0.464 e. The summed E-state index contributed by atoms with van der Waals surface area (Å²) in [5, 5.41) is 3.20. The molecule has 0 radical (unpaired) electrons. The van der Waals surface area contributed by atoms with Gasteiger partial charge in [0.2, 0.25) is 11.2 Å². The molecule has 0 spiro atoms. The molecule has 1 aromatic heterocycles. The highest BCUT2D eigenvalue weighted by molar-refractivity contribution is 6.28. The highest BCUT2D eigenvalue weighted by atomic mass is 35.5. The van der Waals surface area contributed by atoms with Crippen molar-refractivity contribution in [2.24, 2.45) is 0 Å². The Morgan fingerprint density at radius 2 is 1.79 bits per heavy atom. The first-order valence-corrected chi connectivity index (χ1v) is 6.34. The summed E-state index contributed by atoms with van der Waals surface area (Å²) in [5.41, 5.74) is 3.22. The van der Waals surface area contributed by atoms with E-state index in [0.29, 0.717) is 12.6 Å². The lowest BCUT2D eigenvalue weighted by Gasteiger charge is -2.08. The van der Waals surface area contributed by atoms with Gasteiger partial charge in [-0.2, -0.15) is 15.0 Å². The molecule has 0 aliphatic carbocycles. The van der Waals surface area contributed by atoms with E-state index in [2.05, 4.69) is 26.3 Å². The van der Waals surface area contributed by atoms with Crippen molar-refractivity contribution in [3.05, 3.63) is 34.6 Å². The van der Waals surface area contributed by atoms with E-state index in [1.54, 1.807) is 0 Å². The van der Waals surface area contributed by atoms with E-state index in [1.807, 2.05) is 32.9 Å². The molecule has 1 aromatic carbocycles. The quantitative estimate of drug-likeness (QED) is 0.930. The molecule has 19 heavy (non-hydrogen) atoms. The number of ether oxygens (including phenoxy) is 1. The molecular formula is C13H15ClN4O. The van der Waals surface area contributed by atoms with Gasteiger partial charge in [-0.3, -0.25) is 0 Å². The maximum atomic E-state index is 5.83. The second-order valence-electron chi connectivity index (χ2n) is 4.15. The van der Waals surface area contributed by atoms with Crippen LogP contribution >= 0.6 is 11.6 Å². The summed E-state index contributed by atoms with van der Waals surface area (Å²) in [5.74, 6) is 0.369. The van der Waals surface area contributed by atoms with Gasteiger partial charge in [0.15, 0.2) is 0 Å². The number of rotatable bonds is 4. The average molecular weight is 279 g/mol. The van der Waals surface area contributed by atoms with Crippen LogP contribution in [-0.4, -0.2) is 21.6 Å². The van der Waals surface area contributed by atoms with Crippen molar-refractivity contribution >= 4 is 23.2 Å². The Morgan fingerprint density at radius 1 is 1.11 bits per heavy atom. The average Bonchev–Trinajstić information content (AvgIpc) is 2.26. The number of anilines is 2. The van der Waals surface area contributed by atoms with Gasteiger partial charge in [0.25, 0.3) is 0 Å². The molecule has 0 unspecified atom stereocenters. The van der Waals surface area contributed by atoms with E-state index >= 15 is 0 Å². The van der Waals surface area contributed by atoms with Crippen LogP contribution in [0.25, 0.3) is 0 Å². The first kappa shape index (κ1) is 13.5. The maximum Gasteiger partial charge on any atom is 0.322 e. The molecule has 0 saturated heterocycles. The lowest BCUT2D eigenvalue weighted by molar-refractivity contribution is 0.312. The topological polar surface area (TPSA) is 59.9 Å². The molecule has 6 heteroatoms. The monoisotopic (exact) mass is 278 g/mol. The van der Waals surface area contributed by atoms with E-state index in [0.717, 1.165) is 16.8 Å². The van der Waals surface area contributed by atoms with Crippen molar-refractivity contribution in [2.45, 2.75) is 20.8 Å². The van der Waals surface area contributed by atoms with Crippen LogP contribution in [-0.2, 0) is 0 Å². The van der Waals surface area contributed by atoms with Crippen LogP contribution in [0.5, 0.6) is 6.01 Å². The second-order valence-corrected chi connectivity index (χ2v) is 4.48. The Bertz CT molecular complexity index is 569. The number of hydrogen-bond acceptors (Lipinski definition) is 5. The molecule has 5 nitrogen and oxygen atoms in total. The molecule has 100 valence electrons. The van der Waals surface area contributed by atoms with Crippen LogP contribution in [0.15, 0.2) is 18.2 Å². The predicted octanol–water partition coefficient (Wildman–Crippen LogP) is 3.28. The molecule has 2 aromatic rings. The molecule has 0 atom stereocenters. The van der Waals surface area contributed by atoms with Gasteiger partial charge in [0.1, 0.15) is 0 Å². The first-order valence-electron chi connectivity index (χ1n) is 5.96. The van der Waals surface area contributed by atoms with Crippen LogP contribution in [0, 0.1) is 13.8 Å². The number of hydrogen-bond donors (Lipinski definition) is 1. The SMILES string of the molecule is CCOc1nc(Cl)nc(Nc2cc(C)cc(C)c2)n1. The van der Waals surface area contributed by atoms with E-state index in [9.17, 15) is 0 Å². The first-order chi connectivity index (χ1) is 9.06. The van der Waals surface area contributed by atoms with E-state index < -0.39 is 0 Å². The summed E-state index contributed by atoms with van der Waals surface area (Å²) in [7, 11) is 0. The van der Waals surface area contributed by atoms with Crippen LogP contribution in [0.3, 0.4) is 0 Å².